The Morgan fingerprint density at radius 3 is 2.75 bits per heavy atom. The fourth-order valence-corrected chi connectivity index (χ4v) is 3.05. The van der Waals surface area contributed by atoms with E-state index in [1.807, 2.05) is 24.3 Å². The van der Waals surface area contributed by atoms with Crippen LogP contribution in [0.3, 0.4) is 0 Å². The van der Waals surface area contributed by atoms with Crippen LogP contribution in [0.25, 0.3) is 10.9 Å². The Labute approximate surface area is 123 Å². The molecule has 1 aliphatic carbocycles. The summed E-state index contributed by atoms with van der Waals surface area (Å²) in [4.78, 5) is 16.6. The molecule has 1 aromatic heterocycles. The van der Waals surface area contributed by atoms with Crippen molar-refractivity contribution < 1.29 is 4.79 Å². The minimum Gasteiger partial charge on any atom is -0.323 e. The molecule has 1 aromatic carbocycles. The lowest BCUT2D eigenvalue weighted by molar-refractivity contribution is -0.120. The van der Waals surface area contributed by atoms with Gasteiger partial charge < -0.3 is 5.32 Å². The second kappa shape index (κ2) is 5.80. The van der Waals surface area contributed by atoms with Crippen LogP contribution >= 0.6 is 11.6 Å². The highest BCUT2D eigenvalue weighted by atomic mass is 35.5. The molecule has 3 rings (SSSR count). The minimum absolute atomic E-state index is 0.0729. The quantitative estimate of drug-likeness (QED) is 0.889. The first kappa shape index (κ1) is 13.4. The Hall–Kier alpha value is -1.61. The van der Waals surface area contributed by atoms with Gasteiger partial charge >= 0.3 is 0 Å². The van der Waals surface area contributed by atoms with Crippen LogP contribution in [-0.4, -0.2) is 10.9 Å². The third-order valence-corrected chi connectivity index (χ3v) is 4.35. The number of anilines is 1. The molecule has 1 aliphatic rings. The van der Waals surface area contributed by atoms with Crippen molar-refractivity contribution in [3.8, 4) is 0 Å². The Morgan fingerprint density at radius 1 is 1.20 bits per heavy atom. The zero-order valence-electron chi connectivity index (χ0n) is 11.2. The van der Waals surface area contributed by atoms with Gasteiger partial charge in [0.05, 0.1) is 22.4 Å². The molecule has 1 amide bonds. The molecule has 2 aromatic rings. The van der Waals surface area contributed by atoms with Crippen molar-refractivity contribution >= 4 is 34.1 Å². The van der Waals surface area contributed by atoms with Crippen molar-refractivity contribution in [1.82, 2.24) is 4.98 Å². The highest BCUT2D eigenvalue weighted by molar-refractivity contribution is 6.38. The van der Waals surface area contributed by atoms with Gasteiger partial charge in [-0.3, -0.25) is 9.78 Å². The molecule has 0 saturated heterocycles. The van der Waals surface area contributed by atoms with Gasteiger partial charge in [0.15, 0.2) is 0 Å². The standard InChI is InChI=1S/C16H17ClN2O/c17-15-12-8-4-5-9-13(12)18-10-14(15)19-16(20)11-6-2-1-3-7-11/h4-5,8-11H,1-3,6-7H2,(H,19,20). The van der Waals surface area contributed by atoms with Crippen LogP contribution in [0.4, 0.5) is 5.69 Å². The molecule has 104 valence electrons. The smallest absolute Gasteiger partial charge is 0.227 e. The molecule has 0 atom stereocenters. The second-order valence-corrected chi connectivity index (χ2v) is 5.71. The molecular weight excluding hydrogens is 272 g/mol. The van der Waals surface area contributed by atoms with Gasteiger partial charge in [0.1, 0.15) is 0 Å². The van der Waals surface area contributed by atoms with Gasteiger partial charge in [-0.1, -0.05) is 49.1 Å². The summed E-state index contributed by atoms with van der Waals surface area (Å²) in [5, 5.41) is 4.38. The summed E-state index contributed by atoms with van der Waals surface area (Å²) in [6, 6.07) is 7.67. The van der Waals surface area contributed by atoms with Crippen LogP contribution in [0.2, 0.25) is 5.02 Å². The third-order valence-electron chi connectivity index (χ3n) is 3.94. The number of carbonyl (C=O) groups is 1. The Morgan fingerprint density at radius 2 is 1.95 bits per heavy atom. The Bertz CT molecular complexity index is 635. The number of amides is 1. The van der Waals surface area contributed by atoms with Crippen molar-refractivity contribution in [2.24, 2.45) is 5.92 Å². The summed E-state index contributed by atoms with van der Waals surface area (Å²) in [5.74, 6) is 0.190. The monoisotopic (exact) mass is 288 g/mol. The van der Waals surface area contributed by atoms with Gasteiger partial charge in [-0.05, 0) is 18.9 Å². The highest BCUT2D eigenvalue weighted by Gasteiger charge is 2.22. The van der Waals surface area contributed by atoms with Crippen LogP contribution in [-0.2, 0) is 4.79 Å². The van der Waals surface area contributed by atoms with Crippen LogP contribution in [0.15, 0.2) is 30.5 Å². The van der Waals surface area contributed by atoms with Crippen molar-refractivity contribution in [2.45, 2.75) is 32.1 Å². The summed E-state index contributed by atoms with van der Waals surface area (Å²) < 4.78 is 0. The number of nitrogens with zero attached hydrogens (tertiary/aromatic N) is 1. The molecule has 3 nitrogen and oxygen atoms in total. The van der Waals surface area contributed by atoms with Gasteiger partial charge in [0, 0.05) is 11.3 Å². The molecule has 0 aliphatic heterocycles. The number of benzene rings is 1. The fraction of sp³-hybridized carbons (Fsp3) is 0.375. The average Bonchev–Trinajstić information content (AvgIpc) is 2.51. The van der Waals surface area contributed by atoms with Crippen molar-refractivity contribution in [3.05, 3.63) is 35.5 Å². The third kappa shape index (κ3) is 2.63. The number of para-hydroxylation sites is 1. The Kier molecular flexibility index (Phi) is 3.88. The van der Waals surface area contributed by atoms with E-state index in [1.54, 1.807) is 6.20 Å². The first-order valence-electron chi connectivity index (χ1n) is 7.10. The number of rotatable bonds is 2. The number of nitrogens with one attached hydrogen (secondary N) is 1. The Balaban J connectivity index is 1.83. The molecular formula is C16H17ClN2O. The topological polar surface area (TPSA) is 42.0 Å². The number of pyridine rings is 1. The van der Waals surface area contributed by atoms with Crippen molar-refractivity contribution in [2.75, 3.05) is 5.32 Å². The lowest BCUT2D eigenvalue weighted by Gasteiger charge is -2.21. The average molecular weight is 289 g/mol. The predicted octanol–water partition coefficient (Wildman–Crippen LogP) is 4.41. The van der Waals surface area contributed by atoms with Crippen molar-refractivity contribution in [3.63, 3.8) is 0 Å². The van der Waals surface area contributed by atoms with E-state index in [1.165, 1.54) is 6.42 Å². The molecule has 0 spiro atoms. The summed E-state index contributed by atoms with van der Waals surface area (Å²) in [7, 11) is 0. The molecule has 0 unspecified atom stereocenters. The van der Waals surface area contributed by atoms with Crippen molar-refractivity contribution in [1.29, 1.82) is 0 Å². The normalized spacial score (nSPS) is 16.2. The van der Waals surface area contributed by atoms with Crippen LogP contribution < -0.4 is 5.32 Å². The first-order chi connectivity index (χ1) is 9.75. The summed E-state index contributed by atoms with van der Waals surface area (Å²) in [5.41, 5.74) is 1.45. The van der Waals surface area contributed by atoms with E-state index < -0.39 is 0 Å². The maximum Gasteiger partial charge on any atom is 0.227 e. The molecule has 0 radical (unpaired) electrons. The molecule has 0 bridgehead atoms. The number of carbonyl (C=O) groups excluding carboxylic acids is 1. The minimum atomic E-state index is 0.0729. The second-order valence-electron chi connectivity index (χ2n) is 5.33. The number of hydrogen-bond acceptors (Lipinski definition) is 2. The van der Waals surface area contributed by atoms with Gasteiger partial charge in [-0.15, -0.1) is 0 Å². The number of aromatic nitrogens is 1. The maximum absolute atomic E-state index is 12.3. The van der Waals surface area contributed by atoms with E-state index >= 15 is 0 Å². The summed E-state index contributed by atoms with van der Waals surface area (Å²) in [6.07, 6.45) is 7.12. The van der Waals surface area contributed by atoms with Gasteiger partial charge in [0.2, 0.25) is 5.91 Å². The van der Waals surface area contributed by atoms with E-state index in [9.17, 15) is 4.79 Å². The van der Waals surface area contributed by atoms with E-state index in [2.05, 4.69) is 10.3 Å². The molecule has 1 heterocycles. The summed E-state index contributed by atoms with van der Waals surface area (Å²) in [6.45, 7) is 0. The summed E-state index contributed by atoms with van der Waals surface area (Å²) >= 11 is 6.37. The number of hydrogen-bond donors (Lipinski definition) is 1. The zero-order valence-corrected chi connectivity index (χ0v) is 12.0. The SMILES string of the molecule is O=C(Nc1cnc2ccccc2c1Cl)C1CCCCC1. The molecule has 1 fully saturated rings. The lowest BCUT2D eigenvalue weighted by atomic mass is 9.88. The first-order valence-corrected chi connectivity index (χ1v) is 7.47. The number of fused-ring (bicyclic) bond motifs is 1. The van der Waals surface area contributed by atoms with Gasteiger partial charge in [-0.2, -0.15) is 0 Å². The van der Waals surface area contributed by atoms with Crippen LogP contribution in [0.1, 0.15) is 32.1 Å². The molecule has 20 heavy (non-hydrogen) atoms. The largest absolute Gasteiger partial charge is 0.323 e. The van der Waals surface area contributed by atoms with Crippen LogP contribution in [0.5, 0.6) is 0 Å². The highest BCUT2D eigenvalue weighted by Crippen LogP contribution is 2.31. The fourth-order valence-electron chi connectivity index (χ4n) is 2.79. The van der Waals surface area contributed by atoms with E-state index in [0.717, 1.165) is 36.6 Å². The lowest BCUT2D eigenvalue weighted by Crippen LogP contribution is -2.24. The molecule has 1 saturated carbocycles. The zero-order chi connectivity index (χ0) is 13.9. The molecule has 4 heteroatoms. The van der Waals surface area contributed by atoms with E-state index in [0.29, 0.717) is 10.7 Å². The number of halogens is 1. The predicted molar refractivity (Wildman–Crippen MR) is 82.0 cm³/mol. The van der Waals surface area contributed by atoms with Gasteiger partial charge in [0.25, 0.3) is 0 Å². The van der Waals surface area contributed by atoms with Gasteiger partial charge in [-0.25, -0.2) is 0 Å². The van der Waals surface area contributed by atoms with E-state index in [-0.39, 0.29) is 11.8 Å². The molecule has 1 N–H and O–H groups in total. The maximum atomic E-state index is 12.3. The van der Waals surface area contributed by atoms with Crippen LogP contribution in [0, 0.1) is 5.92 Å². The van der Waals surface area contributed by atoms with E-state index in [4.69, 9.17) is 11.6 Å².